The number of thioether (sulfide) groups is 1. The highest BCUT2D eigenvalue weighted by Gasteiger charge is 2.30. The maximum atomic E-state index is 12.3. The summed E-state index contributed by atoms with van der Waals surface area (Å²) in [5.41, 5.74) is 5.04. The minimum Gasteiger partial charge on any atom is -0.310 e. The first-order valence-electron chi connectivity index (χ1n) is 7.84. The van der Waals surface area contributed by atoms with Crippen molar-refractivity contribution in [3.05, 3.63) is 62.4 Å². The molecule has 4 nitrogen and oxygen atoms in total. The number of anilines is 1. The molecule has 3 heterocycles. The molecular weight excluding hydrogens is 374 g/mol. The van der Waals surface area contributed by atoms with E-state index in [0.29, 0.717) is 10.8 Å². The van der Waals surface area contributed by atoms with Crippen molar-refractivity contribution in [3.63, 3.8) is 0 Å². The van der Waals surface area contributed by atoms with Crippen LogP contribution in [-0.4, -0.2) is 21.4 Å². The lowest BCUT2D eigenvalue weighted by Crippen LogP contribution is -2.15. The van der Waals surface area contributed by atoms with Gasteiger partial charge in [-0.25, -0.2) is 4.68 Å². The Kier molecular flexibility index (Phi) is 4.35. The number of benzene rings is 1. The van der Waals surface area contributed by atoms with Crippen molar-refractivity contribution < 1.29 is 4.79 Å². The zero-order valence-electron chi connectivity index (χ0n) is 13.7. The summed E-state index contributed by atoms with van der Waals surface area (Å²) in [5, 5.41) is 12.7. The Bertz CT molecular complexity index is 950. The Labute approximate surface area is 159 Å². The standard InChI is InChI=1S/C18H16ClN3OS2/c1-10-3-4-13(7-14(10)19)22-18-16(11(2)21-22)17(12-5-6-24-8-12)25-9-15(23)20-18/h3-8,17H,9H2,1-2H3,(H,20,23)/t17-/m1/s1. The van der Waals surface area contributed by atoms with E-state index in [1.54, 1.807) is 27.8 Å². The van der Waals surface area contributed by atoms with Gasteiger partial charge in [-0.2, -0.15) is 16.4 Å². The average molecular weight is 390 g/mol. The van der Waals surface area contributed by atoms with E-state index in [1.807, 2.05) is 32.0 Å². The van der Waals surface area contributed by atoms with Crippen molar-refractivity contribution >= 4 is 46.4 Å². The first kappa shape index (κ1) is 16.7. The Hall–Kier alpha value is -1.76. The highest BCUT2D eigenvalue weighted by molar-refractivity contribution is 8.00. The molecule has 128 valence electrons. The number of fused-ring (bicyclic) bond motifs is 1. The molecule has 25 heavy (non-hydrogen) atoms. The van der Waals surface area contributed by atoms with Crippen molar-refractivity contribution in [3.8, 4) is 5.69 Å². The van der Waals surface area contributed by atoms with Crippen LogP contribution in [0.2, 0.25) is 5.02 Å². The average Bonchev–Trinajstić information content (AvgIpc) is 3.17. The summed E-state index contributed by atoms with van der Waals surface area (Å²) < 4.78 is 1.79. The lowest BCUT2D eigenvalue weighted by atomic mass is 10.1. The predicted octanol–water partition coefficient (Wildman–Crippen LogP) is 4.98. The van der Waals surface area contributed by atoms with Crippen LogP contribution >= 0.6 is 34.7 Å². The fourth-order valence-corrected chi connectivity index (χ4v) is 5.10. The van der Waals surface area contributed by atoms with Crippen molar-refractivity contribution in [2.24, 2.45) is 0 Å². The molecule has 1 aromatic carbocycles. The second-order valence-corrected chi connectivity index (χ2v) is 8.27. The number of amides is 1. The normalized spacial score (nSPS) is 17.1. The fourth-order valence-electron chi connectivity index (χ4n) is 2.97. The molecule has 1 aliphatic heterocycles. The molecule has 0 saturated heterocycles. The zero-order chi connectivity index (χ0) is 17.6. The molecule has 3 aromatic rings. The third-order valence-electron chi connectivity index (χ3n) is 4.25. The number of halogens is 1. The number of nitrogens with one attached hydrogen (secondary N) is 1. The molecule has 0 spiro atoms. The smallest absolute Gasteiger partial charge is 0.235 e. The number of aromatic nitrogens is 2. The summed E-state index contributed by atoms with van der Waals surface area (Å²) in [6.07, 6.45) is 0. The second kappa shape index (κ2) is 6.52. The zero-order valence-corrected chi connectivity index (χ0v) is 16.1. The van der Waals surface area contributed by atoms with Gasteiger partial charge in [0.25, 0.3) is 0 Å². The van der Waals surface area contributed by atoms with Gasteiger partial charge in [0, 0.05) is 10.6 Å². The van der Waals surface area contributed by atoms with Gasteiger partial charge in [-0.05, 0) is 53.9 Å². The third kappa shape index (κ3) is 2.99. The molecule has 0 fully saturated rings. The summed E-state index contributed by atoms with van der Waals surface area (Å²) in [5.74, 6) is 1.15. The summed E-state index contributed by atoms with van der Waals surface area (Å²) in [4.78, 5) is 12.3. The van der Waals surface area contributed by atoms with Gasteiger partial charge in [0.05, 0.1) is 22.4 Å². The van der Waals surface area contributed by atoms with Crippen LogP contribution in [0.4, 0.5) is 5.82 Å². The molecule has 0 bridgehead atoms. The van der Waals surface area contributed by atoms with Crippen LogP contribution in [0.1, 0.15) is 27.6 Å². The van der Waals surface area contributed by atoms with E-state index < -0.39 is 0 Å². The number of hydrogen-bond donors (Lipinski definition) is 1. The number of thiophene rings is 1. The van der Waals surface area contributed by atoms with Gasteiger partial charge in [0.1, 0.15) is 5.82 Å². The maximum absolute atomic E-state index is 12.3. The lowest BCUT2D eigenvalue weighted by molar-refractivity contribution is -0.113. The summed E-state index contributed by atoms with van der Waals surface area (Å²) in [7, 11) is 0. The van der Waals surface area contributed by atoms with E-state index in [4.69, 9.17) is 16.7 Å². The molecular formula is C18H16ClN3OS2. The maximum Gasteiger partial charge on any atom is 0.235 e. The van der Waals surface area contributed by atoms with Crippen LogP contribution in [0.15, 0.2) is 35.0 Å². The SMILES string of the molecule is Cc1ccc(-n2nc(C)c3c2NC(=O)CS[C@@H]3c2ccsc2)cc1Cl. The van der Waals surface area contributed by atoms with Gasteiger partial charge in [0.15, 0.2) is 0 Å². The molecule has 0 unspecified atom stereocenters. The Morgan fingerprint density at radius 1 is 1.32 bits per heavy atom. The highest BCUT2D eigenvalue weighted by Crippen LogP contribution is 2.44. The summed E-state index contributed by atoms with van der Waals surface area (Å²) in [6.45, 7) is 3.95. The van der Waals surface area contributed by atoms with E-state index in [0.717, 1.165) is 28.3 Å². The molecule has 1 amide bonds. The van der Waals surface area contributed by atoms with E-state index in [9.17, 15) is 4.79 Å². The minimum atomic E-state index is -0.0108. The van der Waals surface area contributed by atoms with Crippen molar-refractivity contribution in [1.29, 1.82) is 0 Å². The molecule has 0 radical (unpaired) electrons. The summed E-state index contributed by atoms with van der Waals surface area (Å²) >= 11 is 9.59. The minimum absolute atomic E-state index is 0.0108. The van der Waals surface area contributed by atoms with E-state index in [-0.39, 0.29) is 11.2 Å². The van der Waals surface area contributed by atoms with Crippen molar-refractivity contribution in [2.45, 2.75) is 19.1 Å². The second-order valence-electron chi connectivity index (χ2n) is 5.99. The number of hydrogen-bond acceptors (Lipinski definition) is 4. The molecule has 0 saturated carbocycles. The van der Waals surface area contributed by atoms with Crippen LogP contribution in [0, 0.1) is 13.8 Å². The number of rotatable bonds is 2. The largest absolute Gasteiger partial charge is 0.310 e. The highest BCUT2D eigenvalue weighted by atomic mass is 35.5. The first-order valence-corrected chi connectivity index (χ1v) is 10.2. The molecule has 1 N–H and O–H groups in total. The number of aryl methyl sites for hydroxylation is 2. The Morgan fingerprint density at radius 3 is 2.88 bits per heavy atom. The number of carbonyl (C=O) groups is 1. The molecule has 1 atom stereocenters. The molecule has 4 rings (SSSR count). The van der Waals surface area contributed by atoms with Crippen LogP contribution in [-0.2, 0) is 4.79 Å². The lowest BCUT2D eigenvalue weighted by Gasteiger charge is -2.13. The van der Waals surface area contributed by atoms with Crippen LogP contribution in [0.5, 0.6) is 0 Å². The van der Waals surface area contributed by atoms with Gasteiger partial charge in [0.2, 0.25) is 5.91 Å². The first-order chi connectivity index (χ1) is 12.0. The van der Waals surface area contributed by atoms with Crippen LogP contribution in [0.3, 0.4) is 0 Å². The molecule has 7 heteroatoms. The topological polar surface area (TPSA) is 46.9 Å². The van der Waals surface area contributed by atoms with E-state index >= 15 is 0 Å². The molecule has 0 aliphatic carbocycles. The van der Waals surface area contributed by atoms with Crippen LogP contribution < -0.4 is 5.32 Å². The fraction of sp³-hybridized carbons (Fsp3) is 0.222. The van der Waals surface area contributed by atoms with E-state index in [1.165, 1.54) is 5.56 Å². The van der Waals surface area contributed by atoms with Gasteiger partial charge >= 0.3 is 0 Å². The molecule has 1 aliphatic rings. The monoisotopic (exact) mass is 389 g/mol. The number of carbonyl (C=O) groups excluding carboxylic acids is 1. The Balaban J connectivity index is 1.90. The number of nitrogens with zero attached hydrogens (tertiary/aromatic N) is 2. The predicted molar refractivity (Wildman–Crippen MR) is 105 cm³/mol. The van der Waals surface area contributed by atoms with Gasteiger partial charge in [-0.15, -0.1) is 11.8 Å². The molecule has 2 aromatic heterocycles. The third-order valence-corrected chi connectivity index (χ3v) is 6.63. The van der Waals surface area contributed by atoms with E-state index in [2.05, 4.69) is 22.1 Å². The Morgan fingerprint density at radius 2 is 2.16 bits per heavy atom. The van der Waals surface area contributed by atoms with Gasteiger partial charge in [-0.1, -0.05) is 17.7 Å². The van der Waals surface area contributed by atoms with Crippen molar-refractivity contribution in [1.82, 2.24) is 9.78 Å². The van der Waals surface area contributed by atoms with Gasteiger partial charge in [-0.3, -0.25) is 4.79 Å². The van der Waals surface area contributed by atoms with Gasteiger partial charge < -0.3 is 5.32 Å². The van der Waals surface area contributed by atoms with Crippen molar-refractivity contribution in [2.75, 3.05) is 11.1 Å². The summed E-state index contributed by atoms with van der Waals surface area (Å²) in [6, 6.07) is 7.93. The quantitative estimate of drug-likeness (QED) is 0.672. The van der Waals surface area contributed by atoms with Crippen LogP contribution in [0.25, 0.3) is 5.69 Å².